The van der Waals surface area contributed by atoms with Crippen molar-refractivity contribution >= 4 is 22.4 Å². The Kier molecular flexibility index (Phi) is 2.89. The van der Waals surface area contributed by atoms with Gasteiger partial charge in [-0.1, -0.05) is 12.1 Å². The smallest absolute Gasteiger partial charge is 0.0980 e. The summed E-state index contributed by atoms with van der Waals surface area (Å²) in [6, 6.07) is 9.95. The number of hydrogen-bond donors (Lipinski definition) is 1. The fourth-order valence-corrected chi connectivity index (χ4v) is 2.94. The topological polar surface area (TPSA) is 38.0 Å². The number of aliphatic hydroxyl groups excluding tert-OH is 1. The first-order chi connectivity index (χ1) is 8.75. The number of thiophene rings is 1. The molecular weight excluding hydrogens is 244 g/mol. The minimum atomic E-state index is -0.478. The van der Waals surface area contributed by atoms with E-state index >= 15 is 0 Å². The summed E-state index contributed by atoms with van der Waals surface area (Å²) in [5.74, 6) is 0. The Morgan fingerprint density at radius 2 is 2.17 bits per heavy atom. The lowest BCUT2D eigenvalue weighted by molar-refractivity contribution is 0.158. The monoisotopic (exact) mass is 258 g/mol. The number of imidazole rings is 1. The zero-order valence-electron chi connectivity index (χ0n) is 10.1. The largest absolute Gasteiger partial charge is 0.387 e. The average molecular weight is 258 g/mol. The highest BCUT2D eigenvalue weighted by molar-refractivity contribution is 7.10. The Hall–Kier alpha value is -1.65. The maximum absolute atomic E-state index is 10.3. The number of rotatable bonds is 3. The molecule has 1 N–H and O–H groups in total. The van der Waals surface area contributed by atoms with Gasteiger partial charge in [-0.3, -0.25) is 0 Å². The Bertz CT molecular complexity index is 671. The fraction of sp³-hybridized carbons (Fsp3) is 0.214. The van der Waals surface area contributed by atoms with Gasteiger partial charge in [-0.15, -0.1) is 11.3 Å². The number of benzene rings is 1. The van der Waals surface area contributed by atoms with E-state index in [4.69, 9.17) is 0 Å². The minimum Gasteiger partial charge on any atom is -0.387 e. The van der Waals surface area contributed by atoms with E-state index < -0.39 is 6.10 Å². The molecule has 0 saturated heterocycles. The molecule has 2 heterocycles. The standard InChI is InChI=1S/C14H14N2OS/c1-10-11(6-7-18-10)14(17)8-16-9-15-12-4-2-3-5-13(12)16/h2-7,9,14,17H,8H2,1H3. The fourth-order valence-electron chi connectivity index (χ4n) is 2.18. The van der Waals surface area contributed by atoms with Gasteiger partial charge in [0, 0.05) is 4.88 Å². The molecule has 1 atom stereocenters. The van der Waals surface area contributed by atoms with E-state index in [9.17, 15) is 5.11 Å². The molecule has 3 nitrogen and oxygen atoms in total. The van der Waals surface area contributed by atoms with E-state index in [1.807, 2.05) is 47.2 Å². The van der Waals surface area contributed by atoms with Gasteiger partial charge < -0.3 is 9.67 Å². The molecule has 0 radical (unpaired) electrons. The number of para-hydroxylation sites is 2. The zero-order chi connectivity index (χ0) is 12.5. The number of hydrogen-bond acceptors (Lipinski definition) is 3. The van der Waals surface area contributed by atoms with E-state index in [2.05, 4.69) is 4.98 Å². The predicted molar refractivity (Wildman–Crippen MR) is 73.7 cm³/mol. The zero-order valence-corrected chi connectivity index (χ0v) is 10.9. The van der Waals surface area contributed by atoms with Gasteiger partial charge in [0.2, 0.25) is 0 Å². The third-order valence-electron chi connectivity index (χ3n) is 3.15. The molecule has 0 aliphatic heterocycles. The Balaban J connectivity index is 1.91. The Labute approximate surface area is 109 Å². The van der Waals surface area contributed by atoms with Crippen LogP contribution in [0.2, 0.25) is 0 Å². The molecule has 1 unspecified atom stereocenters. The highest BCUT2D eigenvalue weighted by atomic mass is 32.1. The van der Waals surface area contributed by atoms with Crippen molar-refractivity contribution in [3.63, 3.8) is 0 Å². The van der Waals surface area contributed by atoms with Crippen LogP contribution in [0.3, 0.4) is 0 Å². The van der Waals surface area contributed by atoms with Crippen molar-refractivity contribution in [1.29, 1.82) is 0 Å². The van der Waals surface area contributed by atoms with Gasteiger partial charge in [0.15, 0.2) is 0 Å². The van der Waals surface area contributed by atoms with Crippen molar-refractivity contribution in [2.24, 2.45) is 0 Å². The molecule has 18 heavy (non-hydrogen) atoms. The molecule has 0 spiro atoms. The molecule has 0 fully saturated rings. The molecule has 0 aliphatic carbocycles. The summed E-state index contributed by atoms with van der Waals surface area (Å²) in [7, 11) is 0. The Morgan fingerprint density at radius 1 is 1.33 bits per heavy atom. The number of aliphatic hydroxyl groups is 1. The van der Waals surface area contributed by atoms with Crippen molar-refractivity contribution in [2.75, 3.05) is 0 Å². The molecule has 0 bridgehead atoms. The maximum Gasteiger partial charge on any atom is 0.0980 e. The predicted octanol–water partition coefficient (Wildman–Crippen LogP) is 3.14. The van der Waals surface area contributed by atoms with E-state index in [0.717, 1.165) is 16.6 Å². The SMILES string of the molecule is Cc1sccc1C(O)Cn1cnc2ccccc21. The van der Waals surface area contributed by atoms with Crippen LogP contribution in [0.4, 0.5) is 0 Å². The van der Waals surface area contributed by atoms with E-state index in [0.29, 0.717) is 6.54 Å². The van der Waals surface area contributed by atoms with Crippen LogP contribution in [0.1, 0.15) is 16.5 Å². The summed E-state index contributed by atoms with van der Waals surface area (Å²) in [6.45, 7) is 2.58. The van der Waals surface area contributed by atoms with Crippen LogP contribution in [0.25, 0.3) is 11.0 Å². The van der Waals surface area contributed by atoms with Crippen LogP contribution < -0.4 is 0 Å². The lowest BCUT2D eigenvalue weighted by Crippen LogP contribution is -2.07. The van der Waals surface area contributed by atoms with Crippen molar-refractivity contribution in [2.45, 2.75) is 19.6 Å². The normalized spacial score (nSPS) is 13.0. The highest BCUT2D eigenvalue weighted by Crippen LogP contribution is 2.25. The molecule has 0 amide bonds. The second kappa shape index (κ2) is 4.55. The molecule has 0 saturated carbocycles. The van der Waals surface area contributed by atoms with Crippen LogP contribution in [-0.2, 0) is 6.54 Å². The molecule has 3 rings (SSSR count). The van der Waals surface area contributed by atoms with Gasteiger partial charge in [0.25, 0.3) is 0 Å². The summed E-state index contributed by atoms with van der Waals surface area (Å²) in [4.78, 5) is 5.50. The quantitative estimate of drug-likeness (QED) is 0.783. The number of aromatic nitrogens is 2. The molecule has 0 aliphatic rings. The molecule has 2 aromatic heterocycles. The van der Waals surface area contributed by atoms with Gasteiger partial charge in [-0.25, -0.2) is 4.98 Å². The lowest BCUT2D eigenvalue weighted by Gasteiger charge is -2.12. The van der Waals surface area contributed by atoms with Crippen LogP contribution in [0.15, 0.2) is 42.0 Å². The lowest BCUT2D eigenvalue weighted by atomic mass is 10.1. The third-order valence-corrected chi connectivity index (χ3v) is 4.02. The molecule has 3 aromatic rings. The second-order valence-electron chi connectivity index (χ2n) is 4.33. The van der Waals surface area contributed by atoms with Crippen LogP contribution >= 0.6 is 11.3 Å². The summed E-state index contributed by atoms with van der Waals surface area (Å²) < 4.78 is 2.00. The van der Waals surface area contributed by atoms with Crippen LogP contribution in [0.5, 0.6) is 0 Å². The van der Waals surface area contributed by atoms with Crippen LogP contribution in [-0.4, -0.2) is 14.7 Å². The van der Waals surface area contributed by atoms with E-state index in [1.165, 1.54) is 4.88 Å². The second-order valence-corrected chi connectivity index (χ2v) is 5.45. The van der Waals surface area contributed by atoms with Crippen molar-refractivity contribution in [3.8, 4) is 0 Å². The van der Waals surface area contributed by atoms with Gasteiger partial charge in [-0.2, -0.15) is 0 Å². The van der Waals surface area contributed by atoms with Gasteiger partial charge in [0.05, 0.1) is 30.0 Å². The van der Waals surface area contributed by atoms with Crippen molar-refractivity contribution in [1.82, 2.24) is 9.55 Å². The summed E-state index contributed by atoms with van der Waals surface area (Å²) >= 11 is 1.66. The first kappa shape index (κ1) is 11.4. The van der Waals surface area contributed by atoms with Crippen molar-refractivity contribution in [3.05, 3.63) is 52.5 Å². The van der Waals surface area contributed by atoms with E-state index in [-0.39, 0.29) is 0 Å². The summed E-state index contributed by atoms with van der Waals surface area (Å²) in [5, 5.41) is 12.3. The first-order valence-corrected chi connectivity index (χ1v) is 6.75. The average Bonchev–Trinajstić information content (AvgIpc) is 2.97. The highest BCUT2D eigenvalue weighted by Gasteiger charge is 2.13. The molecule has 92 valence electrons. The molecule has 4 heteroatoms. The van der Waals surface area contributed by atoms with Crippen molar-refractivity contribution < 1.29 is 5.11 Å². The maximum atomic E-state index is 10.3. The molecular formula is C14H14N2OS. The third kappa shape index (κ3) is 1.94. The van der Waals surface area contributed by atoms with Gasteiger partial charge >= 0.3 is 0 Å². The van der Waals surface area contributed by atoms with Crippen LogP contribution in [0, 0.1) is 6.92 Å². The Morgan fingerprint density at radius 3 is 2.94 bits per heavy atom. The first-order valence-electron chi connectivity index (χ1n) is 5.87. The summed E-state index contributed by atoms with van der Waals surface area (Å²) in [6.07, 6.45) is 1.31. The minimum absolute atomic E-state index is 0.478. The summed E-state index contributed by atoms with van der Waals surface area (Å²) in [5.41, 5.74) is 3.04. The van der Waals surface area contributed by atoms with Gasteiger partial charge in [-0.05, 0) is 36.1 Å². The number of aryl methyl sites for hydroxylation is 1. The van der Waals surface area contributed by atoms with Gasteiger partial charge in [0.1, 0.15) is 0 Å². The molecule has 1 aromatic carbocycles. The van der Waals surface area contributed by atoms with E-state index in [1.54, 1.807) is 17.7 Å². The number of fused-ring (bicyclic) bond motifs is 1. The number of nitrogens with zero attached hydrogens (tertiary/aromatic N) is 2.